The first-order chi connectivity index (χ1) is 19.9. The van der Waals surface area contributed by atoms with E-state index in [0.717, 1.165) is 79.1 Å². The minimum absolute atomic E-state index is 0.183. The Morgan fingerprint density at radius 2 is 1.68 bits per heavy atom. The molecule has 216 valence electrons. The Balaban J connectivity index is 1.02. The van der Waals surface area contributed by atoms with Gasteiger partial charge in [-0.1, -0.05) is 58.4 Å². The molecule has 0 aliphatic carbocycles. The topological polar surface area (TPSA) is 45.3 Å². The fourth-order valence-corrected chi connectivity index (χ4v) is 7.21. The highest BCUT2D eigenvalue weighted by Crippen LogP contribution is 2.38. The number of ether oxygens (including phenoxy) is 2. The molecule has 0 radical (unpaired) electrons. The van der Waals surface area contributed by atoms with Crippen molar-refractivity contribution >= 4 is 21.8 Å². The number of amides is 1. The number of hydrogen-bond donors (Lipinski definition) is 0. The van der Waals surface area contributed by atoms with Gasteiger partial charge in [0.1, 0.15) is 0 Å². The number of benzene rings is 3. The number of carbonyl (C=O) groups excluding carboxylic acids is 1. The van der Waals surface area contributed by atoms with Crippen molar-refractivity contribution in [3.05, 3.63) is 93.0 Å². The van der Waals surface area contributed by atoms with Gasteiger partial charge in [0.05, 0.1) is 0 Å². The average molecular weight is 619 g/mol. The summed E-state index contributed by atoms with van der Waals surface area (Å²) in [4.78, 5) is 20.4. The lowest BCUT2D eigenvalue weighted by Gasteiger charge is -2.47. The first kappa shape index (κ1) is 28.3. The molecule has 7 heteroatoms. The highest BCUT2D eigenvalue weighted by Gasteiger charge is 2.34. The van der Waals surface area contributed by atoms with E-state index in [1.54, 1.807) is 0 Å². The lowest BCUT2D eigenvalue weighted by molar-refractivity contribution is 0.0135. The summed E-state index contributed by atoms with van der Waals surface area (Å²) in [6, 6.07) is 22.5. The zero-order valence-corrected chi connectivity index (χ0v) is 25.9. The summed E-state index contributed by atoms with van der Waals surface area (Å²) in [6.07, 6.45) is 2.96. The monoisotopic (exact) mass is 617 g/mol. The third-order valence-corrected chi connectivity index (χ3v) is 9.99. The van der Waals surface area contributed by atoms with E-state index in [-0.39, 0.29) is 5.91 Å². The lowest BCUT2D eigenvalue weighted by atomic mass is 9.97. The number of likely N-dealkylation sites (tertiary alicyclic amines) is 1. The number of piperazine rings is 1. The Kier molecular flexibility index (Phi) is 8.38. The maximum Gasteiger partial charge on any atom is 0.254 e. The number of rotatable bonds is 6. The summed E-state index contributed by atoms with van der Waals surface area (Å²) < 4.78 is 12.1. The van der Waals surface area contributed by atoms with Crippen molar-refractivity contribution < 1.29 is 14.3 Å². The number of fused-ring (bicyclic) bond motifs is 1. The van der Waals surface area contributed by atoms with Crippen LogP contribution in [0, 0.1) is 6.92 Å². The first-order valence-corrected chi connectivity index (χ1v) is 15.7. The Morgan fingerprint density at radius 3 is 2.39 bits per heavy atom. The number of halogens is 1. The second kappa shape index (κ2) is 12.2. The smallest absolute Gasteiger partial charge is 0.254 e. The average Bonchev–Trinajstić information content (AvgIpc) is 3.44. The van der Waals surface area contributed by atoms with Gasteiger partial charge in [-0.25, -0.2) is 0 Å². The number of carbonyl (C=O) groups is 1. The van der Waals surface area contributed by atoms with E-state index in [4.69, 9.17) is 9.47 Å². The fraction of sp³-hybridized carbons (Fsp3) is 0.441. The van der Waals surface area contributed by atoms with Crippen LogP contribution in [0.2, 0.25) is 0 Å². The highest BCUT2D eigenvalue weighted by molar-refractivity contribution is 9.10. The van der Waals surface area contributed by atoms with E-state index >= 15 is 0 Å². The van der Waals surface area contributed by atoms with Gasteiger partial charge in [0.2, 0.25) is 6.79 Å². The molecule has 6 rings (SSSR count). The van der Waals surface area contributed by atoms with Gasteiger partial charge in [0, 0.05) is 60.9 Å². The summed E-state index contributed by atoms with van der Waals surface area (Å²) in [6.45, 7) is 11.9. The predicted molar refractivity (Wildman–Crippen MR) is 166 cm³/mol. The van der Waals surface area contributed by atoms with Crippen molar-refractivity contribution in [2.75, 3.05) is 39.5 Å². The van der Waals surface area contributed by atoms with Gasteiger partial charge in [-0.05, 0) is 80.5 Å². The van der Waals surface area contributed by atoms with Crippen molar-refractivity contribution in [3.63, 3.8) is 0 Å². The largest absolute Gasteiger partial charge is 0.454 e. The number of piperidine rings is 1. The van der Waals surface area contributed by atoms with Gasteiger partial charge >= 0.3 is 0 Å². The third kappa shape index (κ3) is 6.04. The Bertz CT molecular complexity index is 1390. The van der Waals surface area contributed by atoms with Crippen LogP contribution in [0.1, 0.15) is 65.3 Å². The first-order valence-electron chi connectivity index (χ1n) is 14.9. The molecule has 1 amide bonds. The van der Waals surface area contributed by atoms with Gasteiger partial charge in [0.15, 0.2) is 11.5 Å². The van der Waals surface area contributed by atoms with Gasteiger partial charge in [-0.3, -0.25) is 14.6 Å². The van der Waals surface area contributed by atoms with E-state index in [0.29, 0.717) is 24.9 Å². The molecular formula is C34H40BrN3O3. The van der Waals surface area contributed by atoms with Crippen molar-refractivity contribution in [2.24, 2.45) is 0 Å². The van der Waals surface area contributed by atoms with Crippen LogP contribution < -0.4 is 9.47 Å². The molecule has 3 heterocycles. The molecule has 3 aromatic rings. The molecule has 3 aliphatic heterocycles. The van der Waals surface area contributed by atoms with Crippen molar-refractivity contribution in [2.45, 2.75) is 58.2 Å². The fourth-order valence-electron chi connectivity index (χ4n) is 6.74. The molecule has 41 heavy (non-hydrogen) atoms. The zero-order chi connectivity index (χ0) is 28.5. The molecular weight excluding hydrogens is 578 g/mol. The standard InChI is InChI=1S/C34H40BrN3O3/c1-23-6-4-5-7-30(23)34(39)36-14-12-29(13-15-36)37-16-17-38(24(2)21-37)25(3)27-10-8-26(9-11-27)18-28-19-32-33(20-31(28)35)41-22-40-32/h4-11,19-20,24-25,29H,12-18,21-22H2,1-3H3/t24-,25+/m1/s1. The maximum atomic E-state index is 13.1. The van der Waals surface area contributed by atoms with Crippen LogP contribution >= 0.6 is 15.9 Å². The quantitative estimate of drug-likeness (QED) is 0.318. The lowest BCUT2D eigenvalue weighted by Crippen LogP contribution is -2.57. The molecule has 2 saturated heterocycles. The molecule has 6 nitrogen and oxygen atoms in total. The Labute approximate surface area is 252 Å². The maximum absolute atomic E-state index is 13.1. The van der Waals surface area contributed by atoms with Crippen LogP contribution in [0.4, 0.5) is 0 Å². The molecule has 2 atom stereocenters. The van der Waals surface area contributed by atoms with Crippen LogP contribution in [0.3, 0.4) is 0 Å². The molecule has 3 aliphatic rings. The number of nitrogens with zero attached hydrogens (tertiary/aromatic N) is 3. The predicted octanol–water partition coefficient (Wildman–Crippen LogP) is 6.45. The van der Waals surface area contributed by atoms with E-state index in [1.165, 1.54) is 16.7 Å². The minimum Gasteiger partial charge on any atom is -0.454 e. The van der Waals surface area contributed by atoms with Gasteiger partial charge in [-0.2, -0.15) is 0 Å². The summed E-state index contributed by atoms with van der Waals surface area (Å²) in [5.41, 5.74) is 5.75. The van der Waals surface area contributed by atoms with Gasteiger partial charge in [-0.15, -0.1) is 0 Å². The number of hydrogen-bond acceptors (Lipinski definition) is 5. The minimum atomic E-state index is 0.183. The summed E-state index contributed by atoms with van der Waals surface area (Å²) >= 11 is 3.70. The van der Waals surface area contributed by atoms with Crippen LogP contribution in [0.5, 0.6) is 11.5 Å². The normalized spacial score (nSPS) is 20.8. The molecule has 0 spiro atoms. The molecule has 0 bridgehead atoms. The van der Waals surface area contributed by atoms with E-state index in [1.807, 2.05) is 37.3 Å². The highest BCUT2D eigenvalue weighted by atomic mass is 79.9. The summed E-state index contributed by atoms with van der Waals surface area (Å²) in [7, 11) is 0. The molecule has 0 unspecified atom stereocenters. The van der Waals surface area contributed by atoms with Crippen molar-refractivity contribution in [1.29, 1.82) is 0 Å². The van der Waals surface area contributed by atoms with E-state index in [2.05, 4.69) is 74.8 Å². The van der Waals surface area contributed by atoms with Crippen LogP contribution in [-0.4, -0.2) is 72.2 Å². The molecule has 0 aromatic heterocycles. The zero-order valence-electron chi connectivity index (χ0n) is 24.3. The second-order valence-electron chi connectivity index (χ2n) is 11.8. The molecule has 0 saturated carbocycles. The van der Waals surface area contributed by atoms with Crippen LogP contribution in [0.25, 0.3) is 0 Å². The third-order valence-electron chi connectivity index (χ3n) is 9.25. The summed E-state index contributed by atoms with van der Waals surface area (Å²) in [5, 5.41) is 0. The van der Waals surface area contributed by atoms with Gasteiger partial charge in [0.25, 0.3) is 5.91 Å². The second-order valence-corrected chi connectivity index (χ2v) is 12.7. The molecule has 0 N–H and O–H groups in total. The van der Waals surface area contributed by atoms with Crippen molar-refractivity contribution in [1.82, 2.24) is 14.7 Å². The van der Waals surface area contributed by atoms with E-state index in [9.17, 15) is 4.79 Å². The molecule has 3 aromatic carbocycles. The van der Waals surface area contributed by atoms with Crippen LogP contribution in [0.15, 0.2) is 65.1 Å². The summed E-state index contributed by atoms with van der Waals surface area (Å²) in [5.74, 6) is 1.81. The van der Waals surface area contributed by atoms with Gasteiger partial charge < -0.3 is 14.4 Å². The van der Waals surface area contributed by atoms with Crippen molar-refractivity contribution in [3.8, 4) is 11.5 Å². The Morgan fingerprint density at radius 1 is 0.976 bits per heavy atom. The van der Waals surface area contributed by atoms with E-state index < -0.39 is 0 Å². The Hall–Kier alpha value is -2.87. The number of aryl methyl sites for hydroxylation is 1. The van der Waals surface area contributed by atoms with Crippen LogP contribution in [-0.2, 0) is 6.42 Å². The molecule has 2 fully saturated rings. The SMILES string of the molecule is Cc1ccccc1C(=O)N1CCC(N2CCN([C@@H](C)c3ccc(Cc4cc5c(cc4Br)OCO5)cc3)[C@H](C)C2)CC1.